The van der Waals surface area contributed by atoms with Gasteiger partial charge in [-0.05, 0) is 25.0 Å². The zero-order chi connectivity index (χ0) is 15.2. The van der Waals surface area contributed by atoms with E-state index in [9.17, 15) is 9.59 Å². The Balaban J connectivity index is 0. The van der Waals surface area contributed by atoms with Crippen LogP contribution in [0.25, 0.3) is 0 Å². The number of hydrogen-bond acceptors (Lipinski definition) is 4. The van der Waals surface area contributed by atoms with Gasteiger partial charge >= 0.3 is 0 Å². The van der Waals surface area contributed by atoms with Gasteiger partial charge in [0.05, 0.1) is 12.1 Å². The van der Waals surface area contributed by atoms with Crippen LogP contribution >= 0.6 is 24.8 Å². The normalized spacial score (nSPS) is 12.4. The van der Waals surface area contributed by atoms with Gasteiger partial charge in [0.1, 0.15) is 5.69 Å². The van der Waals surface area contributed by atoms with Crippen LogP contribution in [0.3, 0.4) is 0 Å². The molecule has 0 aliphatic heterocycles. The fraction of sp³-hybridized carbons (Fsp3) is 0.500. The summed E-state index contributed by atoms with van der Waals surface area (Å²) in [5.74, 6) is -0.446. The predicted octanol–water partition coefficient (Wildman–Crippen LogP) is 1.14. The highest BCUT2D eigenvalue weighted by molar-refractivity contribution is 5.94. The molecule has 8 heteroatoms. The standard InChI is InChI=1S/C14H22N4O2.2ClH/c1-10(2)14(3,9-15)18-12(19)8-17-13(20)11-6-4-5-7-16-11;;/h4-7,10H,8-9,15H2,1-3H3,(H,17,20)(H,18,19);2*1H. The van der Waals surface area contributed by atoms with Crippen LogP contribution in [-0.4, -0.2) is 35.4 Å². The second-order valence-electron chi connectivity index (χ2n) is 5.22. The molecule has 2 amide bonds. The van der Waals surface area contributed by atoms with Gasteiger partial charge in [0.2, 0.25) is 5.91 Å². The third-order valence-electron chi connectivity index (χ3n) is 3.43. The van der Waals surface area contributed by atoms with Crippen molar-refractivity contribution >= 4 is 36.6 Å². The van der Waals surface area contributed by atoms with Crippen molar-refractivity contribution in [2.24, 2.45) is 11.7 Å². The molecule has 1 atom stereocenters. The van der Waals surface area contributed by atoms with Crippen LogP contribution in [0.2, 0.25) is 0 Å². The number of pyridine rings is 1. The Morgan fingerprint density at radius 1 is 1.32 bits per heavy atom. The molecule has 22 heavy (non-hydrogen) atoms. The Labute approximate surface area is 143 Å². The molecule has 126 valence electrons. The van der Waals surface area contributed by atoms with E-state index in [0.717, 1.165) is 0 Å². The number of nitrogens with one attached hydrogen (secondary N) is 2. The van der Waals surface area contributed by atoms with Gasteiger partial charge in [-0.15, -0.1) is 24.8 Å². The molecule has 1 aromatic heterocycles. The minimum Gasteiger partial charge on any atom is -0.348 e. The van der Waals surface area contributed by atoms with Crippen LogP contribution in [0.4, 0.5) is 0 Å². The minimum atomic E-state index is -0.479. The predicted molar refractivity (Wildman–Crippen MR) is 91.5 cm³/mol. The molecule has 0 bridgehead atoms. The maximum Gasteiger partial charge on any atom is 0.270 e. The second kappa shape index (κ2) is 10.4. The lowest BCUT2D eigenvalue weighted by molar-refractivity contribution is -0.122. The van der Waals surface area contributed by atoms with Crippen LogP contribution < -0.4 is 16.4 Å². The summed E-state index contributed by atoms with van der Waals surface area (Å²) in [5, 5.41) is 5.38. The molecule has 1 unspecified atom stereocenters. The summed E-state index contributed by atoms with van der Waals surface area (Å²) in [6.45, 7) is 6.09. The van der Waals surface area contributed by atoms with E-state index >= 15 is 0 Å². The maximum absolute atomic E-state index is 11.9. The number of amides is 2. The van der Waals surface area contributed by atoms with Gasteiger partial charge in [0.25, 0.3) is 5.91 Å². The van der Waals surface area contributed by atoms with Crippen molar-refractivity contribution in [3.63, 3.8) is 0 Å². The molecule has 0 aliphatic rings. The van der Waals surface area contributed by atoms with Crippen molar-refractivity contribution in [1.29, 1.82) is 0 Å². The molecule has 1 aromatic rings. The molecule has 6 nitrogen and oxygen atoms in total. The third-order valence-corrected chi connectivity index (χ3v) is 3.43. The lowest BCUT2D eigenvalue weighted by atomic mass is 9.88. The third kappa shape index (κ3) is 6.60. The highest BCUT2D eigenvalue weighted by Crippen LogP contribution is 2.14. The SMILES string of the molecule is CC(C)C(C)(CN)NC(=O)CNC(=O)c1ccccn1.Cl.Cl. The Morgan fingerprint density at radius 3 is 2.41 bits per heavy atom. The molecule has 0 aromatic carbocycles. The summed E-state index contributed by atoms with van der Waals surface area (Å²) in [6.07, 6.45) is 1.53. The number of nitrogens with two attached hydrogens (primary N) is 1. The fourth-order valence-electron chi connectivity index (χ4n) is 1.54. The number of carbonyl (C=O) groups excluding carboxylic acids is 2. The summed E-state index contributed by atoms with van der Waals surface area (Å²) in [7, 11) is 0. The first-order valence-corrected chi connectivity index (χ1v) is 6.59. The summed E-state index contributed by atoms with van der Waals surface area (Å²) in [6, 6.07) is 5.02. The van der Waals surface area contributed by atoms with Crippen LogP contribution in [0.5, 0.6) is 0 Å². The minimum absolute atomic E-state index is 0. The first kappa shape index (κ1) is 22.9. The number of carbonyl (C=O) groups is 2. The largest absolute Gasteiger partial charge is 0.348 e. The highest BCUT2D eigenvalue weighted by Gasteiger charge is 2.28. The van der Waals surface area contributed by atoms with Crippen molar-refractivity contribution < 1.29 is 9.59 Å². The zero-order valence-electron chi connectivity index (χ0n) is 13.0. The number of rotatable bonds is 6. The van der Waals surface area contributed by atoms with E-state index in [2.05, 4.69) is 15.6 Å². The van der Waals surface area contributed by atoms with Crippen molar-refractivity contribution in [3.8, 4) is 0 Å². The van der Waals surface area contributed by atoms with Gasteiger partial charge < -0.3 is 16.4 Å². The van der Waals surface area contributed by atoms with E-state index < -0.39 is 5.54 Å². The Kier molecular flexibility index (Phi) is 10.8. The summed E-state index contributed by atoms with van der Waals surface area (Å²) in [5.41, 5.74) is 5.49. The molecular formula is C14H24Cl2N4O2. The molecule has 4 N–H and O–H groups in total. The van der Waals surface area contributed by atoms with Crippen LogP contribution in [0, 0.1) is 5.92 Å². The lowest BCUT2D eigenvalue weighted by Crippen LogP contribution is -2.56. The second-order valence-corrected chi connectivity index (χ2v) is 5.22. The van der Waals surface area contributed by atoms with Crippen molar-refractivity contribution in [2.45, 2.75) is 26.3 Å². The molecule has 1 rings (SSSR count). The zero-order valence-corrected chi connectivity index (χ0v) is 14.6. The van der Waals surface area contributed by atoms with Crippen LogP contribution in [-0.2, 0) is 4.79 Å². The smallest absolute Gasteiger partial charge is 0.270 e. The van der Waals surface area contributed by atoms with E-state index in [-0.39, 0.29) is 54.8 Å². The van der Waals surface area contributed by atoms with E-state index in [0.29, 0.717) is 6.54 Å². The average Bonchev–Trinajstić information content (AvgIpc) is 2.45. The Bertz CT molecular complexity index is 471. The highest BCUT2D eigenvalue weighted by atomic mass is 35.5. The monoisotopic (exact) mass is 350 g/mol. The maximum atomic E-state index is 11.9. The van der Waals surface area contributed by atoms with E-state index in [1.807, 2.05) is 20.8 Å². The number of hydrogen-bond donors (Lipinski definition) is 3. The summed E-state index contributed by atoms with van der Waals surface area (Å²) >= 11 is 0. The topological polar surface area (TPSA) is 97.1 Å². The van der Waals surface area contributed by atoms with E-state index in [1.54, 1.807) is 18.2 Å². The van der Waals surface area contributed by atoms with Gasteiger partial charge in [-0.3, -0.25) is 14.6 Å². The van der Waals surface area contributed by atoms with Gasteiger partial charge in [-0.1, -0.05) is 19.9 Å². The lowest BCUT2D eigenvalue weighted by Gasteiger charge is -2.33. The Hall–Kier alpha value is -1.37. The van der Waals surface area contributed by atoms with Crippen molar-refractivity contribution in [3.05, 3.63) is 30.1 Å². The van der Waals surface area contributed by atoms with Crippen molar-refractivity contribution in [2.75, 3.05) is 13.1 Å². The van der Waals surface area contributed by atoms with Crippen LogP contribution in [0.1, 0.15) is 31.3 Å². The molecule has 0 spiro atoms. The van der Waals surface area contributed by atoms with Crippen LogP contribution in [0.15, 0.2) is 24.4 Å². The fourth-order valence-corrected chi connectivity index (χ4v) is 1.54. The average molecular weight is 351 g/mol. The number of nitrogens with zero attached hydrogens (tertiary/aromatic N) is 1. The molecule has 0 saturated heterocycles. The van der Waals surface area contributed by atoms with Gasteiger partial charge in [-0.2, -0.15) is 0 Å². The summed E-state index contributed by atoms with van der Waals surface area (Å²) in [4.78, 5) is 27.5. The molecule has 0 fully saturated rings. The quantitative estimate of drug-likeness (QED) is 0.716. The number of aromatic nitrogens is 1. The van der Waals surface area contributed by atoms with Gasteiger partial charge in [0.15, 0.2) is 0 Å². The molecule has 1 heterocycles. The Morgan fingerprint density at radius 2 is 1.95 bits per heavy atom. The molecular weight excluding hydrogens is 327 g/mol. The molecule has 0 saturated carbocycles. The summed E-state index contributed by atoms with van der Waals surface area (Å²) < 4.78 is 0. The van der Waals surface area contributed by atoms with E-state index in [4.69, 9.17) is 5.73 Å². The first-order valence-electron chi connectivity index (χ1n) is 6.59. The van der Waals surface area contributed by atoms with Gasteiger partial charge in [0, 0.05) is 12.7 Å². The van der Waals surface area contributed by atoms with E-state index in [1.165, 1.54) is 6.20 Å². The first-order chi connectivity index (χ1) is 9.39. The van der Waals surface area contributed by atoms with Crippen molar-refractivity contribution in [1.82, 2.24) is 15.6 Å². The molecule has 0 radical (unpaired) electrons. The molecule has 0 aliphatic carbocycles. The van der Waals surface area contributed by atoms with Gasteiger partial charge in [-0.25, -0.2) is 0 Å². The number of halogens is 2.